The average Bonchev–Trinajstić information content (AvgIpc) is 3.41. The highest BCUT2D eigenvalue weighted by Crippen LogP contribution is 2.49. The topological polar surface area (TPSA) is 89.0 Å². The molecule has 9 nitrogen and oxygen atoms in total. The van der Waals surface area contributed by atoms with E-state index in [4.69, 9.17) is 14.2 Å². The minimum absolute atomic E-state index is 0.0112. The fraction of sp³-hybridized carbons (Fsp3) is 0.783. The van der Waals surface area contributed by atoms with Crippen LogP contribution in [0.1, 0.15) is 31.4 Å². The van der Waals surface area contributed by atoms with Gasteiger partial charge in [-0.15, -0.1) is 0 Å². The second-order valence-corrected chi connectivity index (χ2v) is 9.83. The molecule has 12 heteroatoms. The van der Waals surface area contributed by atoms with Gasteiger partial charge in [0.05, 0.1) is 24.2 Å². The van der Waals surface area contributed by atoms with Gasteiger partial charge >= 0.3 is 6.18 Å². The highest BCUT2D eigenvalue weighted by Gasteiger charge is 2.58. The van der Waals surface area contributed by atoms with Crippen molar-refractivity contribution in [3.05, 3.63) is 18.0 Å². The van der Waals surface area contributed by atoms with Gasteiger partial charge < -0.3 is 29.3 Å². The summed E-state index contributed by atoms with van der Waals surface area (Å²) in [4.78, 5) is 25.0. The Morgan fingerprint density at radius 2 is 2.06 bits per heavy atom. The van der Waals surface area contributed by atoms with Gasteiger partial charge in [-0.1, -0.05) is 0 Å². The van der Waals surface area contributed by atoms with Gasteiger partial charge in [-0.2, -0.15) is 13.2 Å². The van der Waals surface area contributed by atoms with Gasteiger partial charge in [-0.25, -0.2) is 9.97 Å². The normalized spacial score (nSPS) is 33.7. The quantitative estimate of drug-likeness (QED) is 0.652. The summed E-state index contributed by atoms with van der Waals surface area (Å²) in [6.07, 6.45) is -0.499. The van der Waals surface area contributed by atoms with Crippen LogP contribution in [-0.2, 0) is 25.2 Å². The standard InChI is InChI=1S/C23H32F3N5O4/c1-33-17-14-34-10-3-16(17)28-15-12-19-22(13-15,4-11-35-19)20(32)30-6-8-31(9-7-30)21-27-5-2-18(29-21)23(24,25)26/h2,5,15-17,19,28H,3-4,6-14H2,1H3/t15?,16?,17?,19?,22-/m1/s1. The van der Waals surface area contributed by atoms with E-state index in [1.165, 1.54) is 0 Å². The van der Waals surface area contributed by atoms with Gasteiger partial charge in [0.2, 0.25) is 11.9 Å². The molecule has 1 N–H and O–H groups in total. The molecule has 4 fully saturated rings. The van der Waals surface area contributed by atoms with Crippen molar-refractivity contribution < 1.29 is 32.2 Å². The van der Waals surface area contributed by atoms with E-state index in [0.29, 0.717) is 58.8 Å². The maximum Gasteiger partial charge on any atom is 0.433 e. The molecule has 1 aromatic heterocycles. The van der Waals surface area contributed by atoms with Crippen molar-refractivity contribution in [1.82, 2.24) is 20.2 Å². The molecule has 1 aliphatic carbocycles. The van der Waals surface area contributed by atoms with Crippen molar-refractivity contribution >= 4 is 11.9 Å². The highest BCUT2D eigenvalue weighted by atomic mass is 19.4. The Balaban J connectivity index is 1.22. The summed E-state index contributed by atoms with van der Waals surface area (Å²) in [6.45, 7) is 3.41. The number of ether oxygens (including phenoxy) is 3. The van der Waals surface area contributed by atoms with Crippen molar-refractivity contribution in [3.8, 4) is 0 Å². The van der Waals surface area contributed by atoms with E-state index in [2.05, 4.69) is 15.3 Å². The molecule has 3 saturated heterocycles. The average molecular weight is 500 g/mol. The number of piperazine rings is 1. The zero-order chi connectivity index (χ0) is 24.6. The molecule has 5 atom stereocenters. The van der Waals surface area contributed by atoms with Gasteiger partial charge in [0.25, 0.3) is 0 Å². The van der Waals surface area contributed by atoms with E-state index in [-0.39, 0.29) is 36.1 Å². The summed E-state index contributed by atoms with van der Waals surface area (Å²) in [5.74, 6) is 0.130. The molecule has 0 bridgehead atoms. The van der Waals surface area contributed by atoms with E-state index in [0.717, 1.165) is 25.1 Å². The monoisotopic (exact) mass is 499 g/mol. The van der Waals surface area contributed by atoms with Gasteiger partial charge in [0, 0.05) is 64.8 Å². The van der Waals surface area contributed by atoms with Gasteiger partial charge in [0.15, 0.2) is 0 Å². The van der Waals surface area contributed by atoms with Crippen LogP contribution in [0.25, 0.3) is 0 Å². The lowest BCUT2D eigenvalue weighted by Gasteiger charge is -2.39. The largest absolute Gasteiger partial charge is 0.433 e. The molecule has 4 aliphatic rings. The Bertz CT molecular complexity index is 913. The number of nitrogens with zero attached hydrogens (tertiary/aromatic N) is 4. The first-order valence-corrected chi connectivity index (χ1v) is 12.2. The van der Waals surface area contributed by atoms with E-state index < -0.39 is 17.3 Å². The number of rotatable bonds is 5. The zero-order valence-electron chi connectivity index (χ0n) is 19.8. The SMILES string of the molecule is COC1COCCC1NC1CC2OCC[C@@]2(C(=O)N2CCN(c3nccc(C(F)(F)F)n3)CC2)C1. The van der Waals surface area contributed by atoms with E-state index in [1.54, 1.807) is 12.0 Å². The molecular formula is C23H32F3N5O4. The number of alkyl halides is 3. The van der Waals surface area contributed by atoms with Crippen LogP contribution in [0.5, 0.6) is 0 Å². The Morgan fingerprint density at radius 3 is 2.80 bits per heavy atom. The second kappa shape index (κ2) is 9.79. The van der Waals surface area contributed by atoms with Gasteiger partial charge in [-0.3, -0.25) is 4.79 Å². The third-order valence-corrected chi connectivity index (χ3v) is 7.86. The number of hydrogen-bond acceptors (Lipinski definition) is 8. The molecule has 5 rings (SSSR count). The first kappa shape index (κ1) is 24.7. The smallest absolute Gasteiger partial charge is 0.379 e. The minimum atomic E-state index is -4.52. The first-order chi connectivity index (χ1) is 16.8. The van der Waals surface area contributed by atoms with Crippen molar-refractivity contribution in [1.29, 1.82) is 0 Å². The van der Waals surface area contributed by atoms with E-state index in [9.17, 15) is 18.0 Å². The lowest BCUT2D eigenvalue weighted by molar-refractivity contribution is -0.144. The number of carbonyl (C=O) groups is 1. The molecule has 4 unspecified atom stereocenters. The van der Waals surface area contributed by atoms with Crippen LogP contribution in [-0.4, -0.2) is 98.2 Å². The van der Waals surface area contributed by atoms with Crippen LogP contribution in [0.3, 0.4) is 0 Å². The lowest BCUT2D eigenvalue weighted by atomic mass is 9.80. The Labute approximate surface area is 202 Å². The van der Waals surface area contributed by atoms with Crippen LogP contribution in [0.15, 0.2) is 12.3 Å². The van der Waals surface area contributed by atoms with Crippen molar-refractivity contribution in [2.75, 3.05) is 58.0 Å². The minimum Gasteiger partial charge on any atom is -0.379 e. The molecule has 194 valence electrons. The number of halogens is 3. The molecule has 35 heavy (non-hydrogen) atoms. The molecule has 4 heterocycles. The summed E-state index contributed by atoms with van der Waals surface area (Å²) in [5, 5.41) is 3.70. The van der Waals surface area contributed by atoms with Crippen LogP contribution in [0.2, 0.25) is 0 Å². The molecular weight excluding hydrogens is 467 g/mol. The molecule has 3 aliphatic heterocycles. The lowest BCUT2D eigenvalue weighted by Crippen LogP contribution is -2.55. The summed E-state index contributed by atoms with van der Waals surface area (Å²) in [7, 11) is 1.69. The molecule has 0 radical (unpaired) electrons. The number of hydrogen-bond donors (Lipinski definition) is 1. The number of aromatic nitrogens is 2. The van der Waals surface area contributed by atoms with E-state index in [1.807, 2.05) is 4.90 Å². The van der Waals surface area contributed by atoms with Crippen LogP contribution >= 0.6 is 0 Å². The number of carbonyl (C=O) groups excluding carboxylic acids is 1. The predicted molar refractivity (Wildman–Crippen MR) is 119 cm³/mol. The fourth-order valence-electron chi connectivity index (χ4n) is 5.99. The Morgan fingerprint density at radius 1 is 1.26 bits per heavy atom. The number of methoxy groups -OCH3 is 1. The Hall–Kier alpha value is -2.02. The molecule has 1 aromatic rings. The molecule has 0 aromatic carbocycles. The van der Waals surface area contributed by atoms with Gasteiger partial charge in [-0.05, 0) is 31.7 Å². The first-order valence-electron chi connectivity index (χ1n) is 12.2. The number of anilines is 1. The maximum absolute atomic E-state index is 13.8. The zero-order valence-corrected chi connectivity index (χ0v) is 19.8. The number of nitrogens with one attached hydrogen (secondary N) is 1. The van der Waals surface area contributed by atoms with Crippen LogP contribution in [0, 0.1) is 5.41 Å². The summed E-state index contributed by atoms with van der Waals surface area (Å²) < 4.78 is 56.2. The van der Waals surface area contributed by atoms with Crippen LogP contribution < -0.4 is 10.2 Å². The van der Waals surface area contributed by atoms with Crippen molar-refractivity contribution in [3.63, 3.8) is 0 Å². The highest BCUT2D eigenvalue weighted by molar-refractivity contribution is 5.84. The number of amides is 1. The fourth-order valence-corrected chi connectivity index (χ4v) is 5.99. The van der Waals surface area contributed by atoms with Crippen LogP contribution in [0.4, 0.5) is 19.1 Å². The molecule has 1 amide bonds. The van der Waals surface area contributed by atoms with E-state index >= 15 is 0 Å². The number of fused-ring (bicyclic) bond motifs is 1. The summed E-state index contributed by atoms with van der Waals surface area (Å²) in [5.41, 5.74) is -1.52. The third-order valence-electron chi connectivity index (χ3n) is 7.86. The summed E-state index contributed by atoms with van der Waals surface area (Å²) >= 11 is 0. The third kappa shape index (κ3) is 4.85. The van der Waals surface area contributed by atoms with Gasteiger partial charge in [0.1, 0.15) is 5.69 Å². The summed E-state index contributed by atoms with van der Waals surface area (Å²) in [6, 6.07) is 1.20. The second-order valence-electron chi connectivity index (χ2n) is 9.83. The molecule has 0 spiro atoms. The Kier molecular flexibility index (Phi) is 6.90. The maximum atomic E-state index is 13.8. The van der Waals surface area contributed by atoms with Crippen molar-refractivity contribution in [2.45, 2.75) is 56.2 Å². The van der Waals surface area contributed by atoms with Crippen molar-refractivity contribution in [2.24, 2.45) is 5.41 Å². The molecule has 1 saturated carbocycles. The predicted octanol–water partition coefficient (Wildman–Crippen LogP) is 1.48.